The lowest BCUT2D eigenvalue weighted by Gasteiger charge is -1.90. The van der Waals surface area contributed by atoms with Crippen LogP contribution in [0.4, 0.5) is 0 Å². The van der Waals surface area contributed by atoms with E-state index < -0.39 is 5.97 Å². The lowest BCUT2D eigenvalue weighted by molar-refractivity contribution is 0.0652. The predicted octanol–water partition coefficient (Wildman–Crippen LogP) is 0.710. The molecular weight excluding hydrogens is 132 g/mol. The maximum absolute atomic E-state index is 10.7. The first-order valence-electron chi connectivity index (χ1n) is 2.66. The average molecular weight is 138 g/mol. The third-order valence-electron chi connectivity index (χ3n) is 0.882. The number of rotatable bonds is 2. The van der Waals surface area contributed by atoms with E-state index in [-0.39, 0.29) is 5.82 Å². The highest BCUT2D eigenvalue weighted by Gasteiger charge is 2.05. The number of hydrogen-bond donors (Lipinski definition) is 1. The van der Waals surface area contributed by atoms with E-state index in [2.05, 4.69) is 21.3 Å². The number of aromatic nitrogens is 2. The Morgan fingerprint density at radius 1 is 1.90 bits per heavy atom. The Morgan fingerprint density at radius 2 is 2.70 bits per heavy atom. The minimum atomic E-state index is -0.528. The normalized spacial score (nSPS) is 8.80. The number of aromatic amines is 1. The fourth-order valence-electron chi connectivity index (χ4n) is 0.508. The molecule has 0 bridgehead atoms. The first-order valence-corrected chi connectivity index (χ1v) is 2.66. The van der Waals surface area contributed by atoms with Crippen LogP contribution in [0.3, 0.4) is 0 Å². The van der Waals surface area contributed by atoms with Crippen LogP contribution in [0.25, 0.3) is 0 Å². The standard InChI is InChI=1S/C6H6N2O2/c1-2-10-6(9)5-7-3-4-8-5/h2-4H,1H2,(H,7,8). The van der Waals surface area contributed by atoms with Crippen LogP contribution < -0.4 is 0 Å². The largest absolute Gasteiger partial charge is 0.429 e. The molecule has 0 aliphatic heterocycles. The Morgan fingerprint density at radius 3 is 3.20 bits per heavy atom. The van der Waals surface area contributed by atoms with E-state index in [1.54, 1.807) is 6.20 Å². The fourth-order valence-corrected chi connectivity index (χ4v) is 0.508. The third kappa shape index (κ3) is 1.22. The molecule has 0 aromatic carbocycles. The lowest BCUT2D eigenvalue weighted by atomic mass is 10.6. The Kier molecular flexibility index (Phi) is 1.84. The van der Waals surface area contributed by atoms with Crippen LogP contribution in [-0.2, 0) is 4.74 Å². The molecule has 0 amide bonds. The van der Waals surface area contributed by atoms with Crippen LogP contribution in [0.15, 0.2) is 25.2 Å². The number of carbonyl (C=O) groups is 1. The summed E-state index contributed by atoms with van der Waals surface area (Å²) in [5, 5.41) is 0. The van der Waals surface area contributed by atoms with Gasteiger partial charge in [-0.15, -0.1) is 0 Å². The summed E-state index contributed by atoms with van der Waals surface area (Å²) in [7, 11) is 0. The van der Waals surface area contributed by atoms with Crippen molar-refractivity contribution in [3.05, 3.63) is 31.1 Å². The van der Waals surface area contributed by atoms with Crippen molar-refractivity contribution < 1.29 is 9.53 Å². The third-order valence-corrected chi connectivity index (χ3v) is 0.882. The highest BCUT2D eigenvalue weighted by atomic mass is 16.5. The van der Waals surface area contributed by atoms with Gasteiger partial charge in [-0.1, -0.05) is 6.58 Å². The molecule has 4 nitrogen and oxygen atoms in total. The van der Waals surface area contributed by atoms with E-state index in [1.807, 2.05) is 0 Å². The number of esters is 1. The number of nitrogens with one attached hydrogen (secondary N) is 1. The van der Waals surface area contributed by atoms with Gasteiger partial charge in [0.15, 0.2) is 0 Å². The summed E-state index contributed by atoms with van der Waals surface area (Å²) in [5.74, 6) is -0.347. The van der Waals surface area contributed by atoms with Crippen LogP contribution in [0.2, 0.25) is 0 Å². The molecule has 0 fully saturated rings. The molecular formula is C6H6N2O2. The highest BCUT2D eigenvalue weighted by molar-refractivity contribution is 5.85. The second-order valence-electron chi connectivity index (χ2n) is 1.51. The van der Waals surface area contributed by atoms with Gasteiger partial charge in [-0.3, -0.25) is 0 Å². The zero-order valence-electron chi connectivity index (χ0n) is 5.20. The quantitative estimate of drug-likeness (QED) is 0.483. The van der Waals surface area contributed by atoms with E-state index in [4.69, 9.17) is 0 Å². The first-order chi connectivity index (χ1) is 4.84. The number of imidazole rings is 1. The number of nitrogens with zero attached hydrogens (tertiary/aromatic N) is 1. The Balaban J connectivity index is 2.68. The van der Waals surface area contributed by atoms with Crippen LogP contribution in [0, 0.1) is 0 Å². The van der Waals surface area contributed by atoms with Gasteiger partial charge >= 0.3 is 5.97 Å². The first kappa shape index (κ1) is 6.54. The van der Waals surface area contributed by atoms with Gasteiger partial charge in [-0.25, -0.2) is 9.78 Å². The van der Waals surface area contributed by atoms with Gasteiger partial charge in [0.2, 0.25) is 5.82 Å². The van der Waals surface area contributed by atoms with E-state index >= 15 is 0 Å². The van der Waals surface area contributed by atoms with Gasteiger partial charge in [0.1, 0.15) is 0 Å². The maximum atomic E-state index is 10.7. The van der Waals surface area contributed by atoms with Crippen LogP contribution >= 0.6 is 0 Å². The summed E-state index contributed by atoms with van der Waals surface area (Å²) in [4.78, 5) is 17.0. The van der Waals surface area contributed by atoms with Crippen molar-refractivity contribution >= 4 is 5.97 Å². The molecule has 1 N–H and O–H groups in total. The molecule has 0 spiro atoms. The molecule has 0 aliphatic carbocycles. The van der Waals surface area contributed by atoms with Crippen molar-refractivity contribution in [2.24, 2.45) is 0 Å². The van der Waals surface area contributed by atoms with Crippen LogP contribution in [0.5, 0.6) is 0 Å². The zero-order valence-corrected chi connectivity index (χ0v) is 5.20. The van der Waals surface area contributed by atoms with Crippen molar-refractivity contribution in [2.45, 2.75) is 0 Å². The fraction of sp³-hybridized carbons (Fsp3) is 0. The number of H-pyrrole nitrogens is 1. The molecule has 52 valence electrons. The van der Waals surface area contributed by atoms with E-state index in [0.717, 1.165) is 6.26 Å². The topological polar surface area (TPSA) is 55.0 Å². The van der Waals surface area contributed by atoms with Crippen molar-refractivity contribution in [3.63, 3.8) is 0 Å². The Labute approximate surface area is 57.5 Å². The second kappa shape index (κ2) is 2.82. The van der Waals surface area contributed by atoms with E-state index in [9.17, 15) is 4.79 Å². The Bertz CT molecular complexity index is 228. The van der Waals surface area contributed by atoms with Crippen LogP contribution in [-0.4, -0.2) is 15.9 Å². The van der Waals surface area contributed by atoms with Gasteiger partial charge < -0.3 is 9.72 Å². The summed E-state index contributed by atoms with van der Waals surface area (Å²) in [6.45, 7) is 3.23. The summed E-state index contributed by atoms with van der Waals surface area (Å²) in [5.41, 5.74) is 0. The van der Waals surface area contributed by atoms with Crippen molar-refractivity contribution in [2.75, 3.05) is 0 Å². The Hall–Kier alpha value is -1.58. The van der Waals surface area contributed by atoms with E-state index in [1.165, 1.54) is 6.20 Å². The molecule has 0 unspecified atom stereocenters. The highest BCUT2D eigenvalue weighted by Crippen LogP contribution is 1.91. The number of ether oxygens (including phenoxy) is 1. The predicted molar refractivity (Wildman–Crippen MR) is 34.2 cm³/mol. The molecule has 0 atom stereocenters. The van der Waals surface area contributed by atoms with Gasteiger partial charge in [-0.2, -0.15) is 0 Å². The SMILES string of the molecule is C=COC(=O)c1ncc[nH]1. The second-order valence-corrected chi connectivity index (χ2v) is 1.51. The molecule has 4 heteroatoms. The smallest absolute Gasteiger partial charge is 0.379 e. The van der Waals surface area contributed by atoms with Crippen LogP contribution in [0.1, 0.15) is 10.6 Å². The van der Waals surface area contributed by atoms with Gasteiger partial charge in [-0.05, 0) is 0 Å². The molecule has 0 aliphatic rings. The molecule has 1 heterocycles. The molecule has 0 saturated carbocycles. The van der Waals surface area contributed by atoms with Gasteiger partial charge in [0.25, 0.3) is 0 Å². The summed E-state index contributed by atoms with van der Waals surface area (Å²) < 4.78 is 4.42. The maximum Gasteiger partial charge on any atom is 0.379 e. The molecule has 0 radical (unpaired) electrons. The summed E-state index contributed by atoms with van der Waals surface area (Å²) in [6.07, 6.45) is 4.07. The van der Waals surface area contributed by atoms with Gasteiger partial charge in [0, 0.05) is 12.4 Å². The molecule has 1 aromatic rings. The molecule has 0 saturated heterocycles. The number of hydrogen-bond acceptors (Lipinski definition) is 3. The number of carbonyl (C=O) groups excluding carboxylic acids is 1. The lowest BCUT2D eigenvalue weighted by Crippen LogP contribution is -2.01. The monoisotopic (exact) mass is 138 g/mol. The van der Waals surface area contributed by atoms with Crippen molar-refractivity contribution in [1.82, 2.24) is 9.97 Å². The average Bonchev–Trinajstić information content (AvgIpc) is 2.38. The molecule has 1 aromatic heterocycles. The summed E-state index contributed by atoms with van der Waals surface area (Å²) in [6, 6.07) is 0. The summed E-state index contributed by atoms with van der Waals surface area (Å²) >= 11 is 0. The minimum absolute atomic E-state index is 0.180. The van der Waals surface area contributed by atoms with Crippen molar-refractivity contribution in [3.8, 4) is 0 Å². The molecule has 10 heavy (non-hydrogen) atoms. The van der Waals surface area contributed by atoms with Gasteiger partial charge in [0.05, 0.1) is 6.26 Å². The molecule has 1 rings (SSSR count). The zero-order chi connectivity index (χ0) is 7.40. The van der Waals surface area contributed by atoms with E-state index in [0.29, 0.717) is 0 Å². The van der Waals surface area contributed by atoms with Crippen molar-refractivity contribution in [1.29, 1.82) is 0 Å². The minimum Gasteiger partial charge on any atom is -0.429 e.